The van der Waals surface area contributed by atoms with Gasteiger partial charge >= 0.3 is 5.97 Å². The van der Waals surface area contributed by atoms with Gasteiger partial charge in [-0.15, -0.1) is 0 Å². The standard InChI is InChI=1S/C20H21NO4S/c1-13-7-8-16(20(24)25)11-18(13)21-19(23)10-9-15-5-3-4-6-17(15)12-26-14(2)22/h3-8,11H,9-10,12H2,1-2H3,(H,21,23)(H,24,25). The summed E-state index contributed by atoms with van der Waals surface area (Å²) >= 11 is 1.25. The van der Waals surface area contributed by atoms with Crippen molar-refractivity contribution in [2.24, 2.45) is 0 Å². The minimum absolute atomic E-state index is 0.0614. The van der Waals surface area contributed by atoms with Gasteiger partial charge in [0.05, 0.1) is 5.56 Å². The molecule has 0 saturated heterocycles. The number of carboxylic acid groups (broad SMARTS) is 1. The Labute approximate surface area is 156 Å². The highest BCUT2D eigenvalue weighted by molar-refractivity contribution is 8.12. The number of aryl methyl sites for hydroxylation is 2. The van der Waals surface area contributed by atoms with E-state index in [4.69, 9.17) is 5.11 Å². The fourth-order valence-electron chi connectivity index (χ4n) is 2.47. The molecular formula is C20H21NO4S. The maximum absolute atomic E-state index is 12.3. The molecule has 26 heavy (non-hydrogen) atoms. The minimum Gasteiger partial charge on any atom is -0.478 e. The second-order valence-electron chi connectivity index (χ2n) is 5.93. The van der Waals surface area contributed by atoms with E-state index in [1.54, 1.807) is 6.07 Å². The first kappa shape index (κ1) is 19.7. The van der Waals surface area contributed by atoms with Crippen molar-refractivity contribution in [3.63, 3.8) is 0 Å². The highest BCUT2D eigenvalue weighted by atomic mass is 32.2. The van der Waals surface area contributed by atoms with Crippen molar-refractivity contribution >= 4 is 34.4 Å². The molecular weight excluding hydrogens is 350 g/mol. The van der Waals surface area contributed by atoms with E-state index in [-0.39, 0.29) is 23.0 Å². The van der Waals surface area contributed by atoms with Gasteiger partial charge in [-0.3, -0.25) is 9.59 Å². The largest absolute Gasteiger partial charge is 0.478 e. The average molecular weight is 371 g/mol. The Hall–Kier alpha value is -2.60. The summed E-state index contributed by atoms with van der Waals surface area (Å²) in [7, 11) is 0. The summed E-state index contributed by atoms with van der Waals surface area (Å²) in [6, 6.07) is 12.4. The van der Waals surface area contributed by atoms with Crippen molar-refractivity contribution in [3.05, 3.63) is 64.7 Å². The van der Waals surface area contributed by atoms with Gasteiger partial charge in [-0.05, 0) is 42.2 Å². The van der Waals surface area contributed by atoms with Gasteiger partial charge in [-0.2, -0.15) is 0 Å². The number of nitrogens with one attached hydrogen (secondary N) is 1. The average Bonchev–Trinajstić information content (AvgIpc) is 2.60. The summed E-state index contributed by atoms with van der Waals surface area (Å²) in [5.74, 6) is -0.616. The van der Waals surface area contributed by atoms with Crippen LogP contribution in [0.5, 0.6) is 0 Å². The number of thioether (sulfide) groups is 1. The second-order valence-corrected chi connectivity index (χ2v) is 7.08. The van der Waals surface area contributed by atoms with Gasteiger partial charge in [0.25, 0.3) is 0 Å². The third-order valence-electron chi connectivity index (χ3n) is 3.93. The molecule has 0 spiro atoms. The second kappa shape index (κ2) is 9.20. The van der Waals surface area contributed by atoms with Crippen LogP contribution in [-0.2, 0) is 21.8 Å². The number of aromatic carboxylic acids is 1. The monoisotopic (exact) mass is 371 g/mol. The lowest BCUT2D eigenvalue weighted by atomic mass is 10.0. The molecule has 0 bridgehead atoms. The molecule has 0 atom stereocenters. The van der Waals surface area contributed by atoms with E-state index in [0.717, 1.165) is 16.7 Å². The molecule has 2 N–H and O–H groups in total. The van der Waals surface area contributed by atoms with Crippen LogP contribution in [0.25, 0.3) is 0 Å². The summed E-state index contributed by atoms with van der Waals surface area (Å²) < 4.78 is 0. The number of carbonyl (C=O) groups is 3. The van der Waals surface area contributed by atoms with Gasteiger partial charge in [0.1, 0.15) is 0 Å². The van der Waals surface area contributed by atoms with Crippen molar-refractivity contribution in [2.45, 2.75) is 32.4 Å². The van der Waals surface area contributed by atoms with Crippen LogP contribution in [-0.4, -0.2) is 22.1 Å². The number of hydrogen-bond donors (Lipinski definition) is 2. The van der Waals surface area contributed by atoms with Gasteiger partial charge in [0, 0.05) is 24.8 Å². The quantitative estimate of drug-likeness (QED) is 0.767. The van der Waals surface area contributed by atoms with E-state index in [1.807, 2.05) is 31.2 Å². The summed E-state index contributed by atoms with van der Waals surface area (Å²) in [5, 5.41) is 11.9. The van der Waals surface area contributed by atoms with Crippen molar-refractivity contribution in [3.8, 4) is 0 Å². The van der Waals surface area contributed by atoms with Crippen LogP contribution < -0.4 is 5.32 Å². The Kier molecular flexibility index (Phi) is 6.97. The van der Waals surface area contributed by atoms with Crippen LogP contribution in [0.2, 0.25) is 0 Å². The number of amides is 1. The molecule has 0 saturated carbocycles. The van der Waals surface area contributed by atoms with Crippen LogP contribution in [0.3, 0.4) is 0 Å². The lowest BCUT2D eigenvalue weighted by Crippen LogP contribution is -2.14. The minimum atomic E-state index is -1.03. The molecule has 0 aliphatic carbocycles. The van der Waals surface area contributed by atoms with Crippen LogP contribution in [0.1, 0.15) is 40.4 Å². The van der Waals surface area contributed by atoms with Crippen molar-refractivity contribution < 1.29 is 19.5 Å². The molecule has 0 fully saturated rings. The number of carbonyl (C=O) groups excluding carboxylic acids is 2. The maximum Gasteiger partial charge on any atom is 0.335 e. The first-order valence-electron chi connectivity index (χ1n) is 8.20. The van der Waals surface area contributed by atoms with E-state index in [1.165, 1.54) is 30.8 Å². The van der Waals surface area contributed by atoms with Crippen LogP contribution in [0.4, 0.5) is 5.69 Å². The topological polar surface area (TPSA) is 83.5 Å². The molecule has 0 aliphatic heterocycles. The Morgan fingerprint density at radius 2 is 1.77 bits per heavy atom. The first-order chi connectivity index (χ1) is 12.4. The molecule has 136 valence electrons. The fourth-order valence-corrected chi connectivity index (χ4v) is 3.11. The molecule has 2 aromatic rings. The number of rotatable bonds is 7. The van der Waals surface area contributed by atoms with Gasteiger partial charge in [0.2, 0.25) is 5.91 Å². The van der Waals surface area contributed by atoms with Crippen LogP contribution >= 0.6 is 11.8 Å². The third kappa shape index (κ3) is 5.74. The van der Waals surface area contributed by atoms with E-state index in [0.29, 0.717) is 17.9 Å². The van der Waals surface area contributed by atoms with E-state index < -0.39 is 5.97 Å². The normalized spacial score (nSPS) is 10.4. The lowest BCUT2D eigenvalue weighted by Gasteiger charge is -2.11. The predicted octanol–water partition coefficient (Wildman–Crippen LogP) is 4.04. The molecule has 0 radical (unpaired) electrons. The SMILES string of the molecule is CC(=O)SCc1ccccc1CCC(=O)Nc1cc(C(=O)O)ccc1C. The molecule has 0 unspecified atom stereocenters. The molecule has 0 aromatic heterocycles. The summed E-state index contributed by atoms with van der Waals surface area (Å²) in [6.07, 6.45) is 0.830. The van der Waals surface area contributed by atoms with Gasteiger partial charge < -0.3 is 10.4 Å². The zero-order valence-corrected chi connectivity index (χ0v) is 15.6. The zero-order valence-electron chi connectivity index (χ0n) is 14.7. The first-order valence-corrected chi connectivity index (χ1v) is 9.19. The number of benzene rings is 2. The Balaban J connectivity index is 2.00. The predicted molar refractivity (Wildman–Crippen MR) is 104 cm³/mol. The Bertz CT molecular complexity index is 832. The van der Waals surface area contributed by atoms with Crippen molar-refractivity contribution in [1.82, 2.24) is 0 Å². The molecule has 2 aromatic carbocycles. The molecule has 0 heterocycles. The molecule has 6 heteroatoms. The summed E-state index contributed by atoms with van der Waals surface area (Å²) in [4.78, 5) is 34.5. The summed E-state index contributed by atoms with van der Waals surface area (Å²) in [5.41, 5.74) is 3.53. The molecule has 0 aliphatic rings. The van der Waals surface area contributed by atoms with Gasteiger partial charge in [0.15, 0.2) is 5.12 Å². The lowest BCUT2D eigenvalue weighted by molar-refractivity contribution is -0.116. The zero-order chi connectivity index (χ0) is 19.1. The van der Waals surface area contributed by atoms with Gasteiger partial charge in [-0.25, -0.2) is 4.79 Å². The van der Waals surface area contributed by atoms with Crippen molar-refractivity contribution in [2.75, 3.05) is 5.32 Å². The number of carboxylic acids is 1. The highest BCUT2D eigenvalue weighted by Crippen LogP contribution is 2.20. The molecule has 1 amide bonds. The fraction of sp³-hybridized carbons (Fsp3) is 0.250. The van der Waals surface area contributed by atoms with E-state index in [2.05, 4.69) is 5.32 Å². The van der Waals surface area contributed by atoms with E-state index in [9.17, 15) is 14.4 Å². The Morgan fingerprint density at radius 3 is 2.42 bits per heavy atom. The van der Waals surface area contributed by atoms with Crippen LogP contribution in [0, 0.1) is 6.92 Å². The van der Waals surface area contributed by atoms with Crippen LogP contribution in [0.15, 0.2) is 42.5 Å². The molecule has 2 rings (SSSR count). The van der Waals surface area contributed by atoms with E-state index >= 15 is 0 Å². The number of anilines is 1. The maximum atomic E-state index is 12.3. The highest BCUT2D eigenvalue weighted by Gasteiger charge is 2.11. The Morgan fingerprint density at radius 1 is 1.08 bits per heavy atom. The van der Waals surface area contributed by atoms with Gasteiger partial charge in [-0.1, -0.05) is 42.1 Å². The molecule has 5 nitrogen and oxygen atoms in total. The summed E-state index contributed by atoms with van der Waals surface area (Å²) in [6.45, 7) is 3.35. The smallest absolute Gasteiger partial charge is 0.335 e. The number of hydrogen-bond acceptors (Lipinski definition) is 4. The third-order valence-corrected chi connectivity index (χ3v) is 4.79. The van der Waals surface area contributed by atoms with Crippen molar-refractivity contribution in [1.29, 1.82) is 0 Å².